The zero-order valence-electron chi connectivity index (χ0n) is 17.3. The minimum Gasteiger partial charge on any atom is -0.343 e. The van der Waals surface area contributed by atoms with E-state index in [1.807, 2.05) is 60.7 Å². The van der Waals surface area contributed by atoms with Crippen molar-refractivity contribution in [1.29, 1.82) is 0 Å². The van der Waals surface area contributed by atoms with Crippen LogP contribution in [0, 0.1) is 23.2 Å². The second-order valence-corrected chi connectivity index (χ2v) is 9.77. The van der Waals surface area contributed by atoms with E-state index in [4.69, 9.17) is 0 Å². The SMILES string of the molecule is O=C(Nc1ccccc1)[C@@H](Cc1ccccc1)NC(=O)C12CC3CC(CC(C3)C1)C2. The fourth-order valence-electron chi connectivity index (χ4n) is 6.51. The molecular formula is C26H30N2O2. The van der Waals surface area contributed by atoms with E-state index >= 15 is 0 Å². The monoisotopic (exact) mass is 402 g/mol. The van der Waals surface area contributed by atoms with Crippen molar-refractivity contribution in [3.8, 4) is 0 Å². The molecule has 4 bridgehead atoms. The van der Waals surface area contributed by atoms with E-state index in [2.05, 4.69) is 10.6 Å². The Morgan fingerprint density at radius 1 is 0.833 bits per heavy atom. The van der Waals surface area contributed by atoms with E-state index in [-0.39, 0.29) is 17.2 Å². The summed E-state index contributed by atoms with van der Waals surface area (Å²) in [5, 5.41) is 6.18. The summed E-state index contributed by atoms with van der Waals surface area (Å²) in [7, 11) is 0. The number of rotatable bonds is 6. The van der Waals surface area contributed by atoms with Gasteiger partial charge in [0.25, 0.3) is 0 Å². The van der Waals surface area contributed by atoms with E-state index in [0.29, 0.717) is 24.2 Å². The van der Waals surface area contributed by atoms with Crippen molar-refractivity contribution in [2.45, 2.75) is 51.0 Å². The van der Waals surface area contributed by atoms with Gasteiger partial charge in [-0.2, -0.15) is 0 Å². The Labute approximate surface area is 178 Å². The molecule has 0 saturated heterocycles. The lowest BCUT2D eigenvalue weighted by Gasteiger charge is -2.55. The number of hydrogen-bond acceptors (Lipinski definition) is 2. The third-order valence-corrected chi connectivity index (χ3v) is 7.47. The molecule has 156 valence electrons. The molecule has 0 heterocycles. The Morgan fingerprint density at radius 3 is 1.93 bits per heavy atom. The van der Waals surface area contributed by atoms with Gasteiger partial charge in [0.05, 0.1) is 0 Å². The highest BCUT2D eigenvalue weighted by atomic mass is 16.2. The number of carbonyl (C=O) groups is 2. The number of para-hydroxylation sites is 1. The van der Waals surface area contributed by atoms with Crippen molar-refractivity contribution in [2.75, 3.05) is 5.32 Å². The van der Waals surface area contributed by atoms with Crippen LogP contribution in [0.4, 0.5) is 5.69 Å². The van der Waals surface area contributed by atoms with Crippen LogP contribution < -0.4 is 10.6 Å². The maximum Gasteiger partial charge on any atom is 0.247 e. The minimum atomic E-state index is -0.576. The molecule has 0 aliphatic heterocycles. The Kier molecular flexibility index (Phi) is 5.10. The first-order valence-electron chi connectivity index (χ1n) is 11.3. The normalized spacial score (nSPS) is 29.9. The Hall–Kier alpha value is -2.62. The van der Waals surface area contributed by atoms with Crippen LogP contribution in [0.15, 0.2) is 60.7 Å². The molecule has 4 fully saturated rings. The van der Waals surface area contributed by atoms with Crippen molar-refractivity contribution in [2.24, 2.45) is 23.2 Å². The molecule has 2 N–H and O–H groups in total. The lowest BCUT2D eigenvalue weighted by atomic mass is 9.49. The largest absolute Gasteiger partial charge is 0.343 e. The summed E-state index contributed by atoms with van der Waals surface area (Å²) >= 11 is 0. The molecule has 0 radical (unpaired) electrons. The van der Waals surface area contributed by atoms with E-state index in [1.54, 1.807) is 0 Å². The molecule has 0 unspecified atom stereocenters. The van der Waals surface area contributed by atoms with Crippen LogP contribution in [-0.2, 0) is 16.0 Å². The summed E-state index contributed by atoms with van der Waals surface area (Å²) in [5.74, 6) is 2.06. The van der Waals surface area contributed by atoms with Crippen LogP contribution in [0.3, 0.4) is 0 Å². The molecule has 4 aliphatic rings. The van der Waals surface area contributed by atoms with Gasteiger partial charge in [0, 0.05) is 17.5 Å². The highest BCUT2D eigenvalue weighted by molar-refractivity contribution is 5.98. The summed E-state index contributed by atoms with van der Waals surface area (Å²) in [6, 6.07) is 18.8. The molecule has 2 aromatic rings. The standard InChI is InChI=1S/C26H30N2O2/c29-24(27-22-9-5-2-6-10-22)23(14-18-7-3-1-4-8-18)28-25(30)26-15-19-11-20(16-26)13-21(12-19)17-26/h1-10,19-21,23H,11-17H2,(H,27,29)(H,28,30)/t19?,20?,21?,23-,26?/m1/s1. The van der Waals surface area contributed by atoms with Crippen LogP contribution >= 0.6 is 0 Å². The number of benzene rings is 2. The quantitative estimate of drug-likeness (QED) is 0.744. The average molecular weight is 403 g/mol. The van der Waals surface area contributed by atoms with Crippen LogP contribution in [0.2, 0.25) is 0 Å². The summed E-state index contributed by atoms with van der Waals surface area (Å²) in [4.78, 5) is 26.7. The molecule has 30 heavy (non-hydrogen) atoms. The molecule has 2 amide bonds. The maximum atomic E-state index is 13.6. The smallest absolute Gasteiger partial charge is 0.247 e. The molecule has 4 nitrogen and oxygen atoms in total. The van der Waals surface area contributed by atoms with Gasteiger partial charge in [0.1, 0.15) is 6.04 Å². The lowest BCUT2D eigenvalue weighted by molar-refractivity contribution is -0.148. The first kappa shape index (κ1) is 19.3. The van der Waals surface area contributed by atoms with Crippen molar-refractivity contribution in [3.05, 3.63) is 66.2 Å². The molecule has 4 heteroatoms. The third kappa shape index (κ3) is 3.88. The summed E-state index contributed by atoms with van der Waals surface area (Å²) < 4.78 is 0. The van der Waals surface area contributed by atoms with Crippen molar-refractivity contribution in [1.82, 2.24) is 5.32 Å². The maximum absolute atomic E-state index is 13.6. The first-order valence-corrected chi connectivity index (χ1v) is 11.3. The van der Waals surface area contributed by atoms with E-state index in [0.717, 1.165) is 30.5 Å². The van der Waals surface area contributed by atoms with Gasteiger partial charge >= 0.3 is 0 Å². The second-order valence-electron chi connectivity index (χ2n) is 9.77. The first-order chi connectivity index (χ1) is 14.6. The van der Waals surface area contributed by atoms with Crippen molar-refractivity contribution in [3.63, 3.8) is 0 Å². The van der Waals surface area contributed by atoms with E-state index in [9.17, 15) is 9.59 Å². The molecule has 2 aromatic carbocycles. The molecule has 4 saturated carbocycles. The molecule has 0 spiro atoms. The predicted molar refractivity (Wildman–Crippen MR) is 118 cm³/mol. The zero-order chi connectivity index (χ0) is 20.6. The predicted octanol–water partition coefficient (Wildman–Crippen LogP) is 4.57. The Balaban J connectivity index is 1.35. The van der Waals surface area contributed by atoms with Gasteiger partial charge in [-0.1, -0.05) is 48.5 Å². The Bertz CT molecular complexity index is 874. The molecule has 4 aliphatic carbocycles. The van der Waals surface area contributed by atoms with Gasteiger partial charge in [0.2, 0.25) is 11.8 Å². The van der Waals surface area contributed by atoms with Crippen molar-refractivity contribution >= 4 is 17.5 Å². The van der Waals surface area contributed by atoms with Gasteiger partial charge in [0.15, 0.2) is 0 Å². The molecule has 6 rings (SSSR count). The van der Waals surface area contributed by atoms with Crippen LogP contribution in [0.5, 0.6) is 0 Å². The summed E-state index contributed by atoms with van der Waals surface area (Å²) in [6.45, 7) is 0. The summed E-state index contributed by atoms with van der Waals surface area (Å²) in [5.41, 5.74) is 1.55. The topological polar surface area (TPSA) is 58.2 Å². The molecule has 1 atom stereocenters. The average Bonchev–Trinajstić information content (AvgIpc) is 2.74. The number of carbonyl (C=O) groups excluding carboxylic acids is 2. The number of hydrogen-bond donors (Lipinski definition) is 2. The third-order valence-electron chi connectivity index (χ3n) is 7.47. The van der Waals surface area contributed by atoms with Gasteiger partial charge in [-0.3, -0.25) is 9.59 Å². The highest BCUT2D eigenvalue weighted by Crippen LogP contribution is 2.60. The van der Waals surface area contributed by atoms with Crippen LogP contribution in [0.1, 0.15) is 44.1 Å². The highest BCUT2D eigenvalue weighted by Gasteiger charge is 2.54. The number of anilines is 1. The molecular weight excluding hydrogens is 372 g/mol. The number of amides is 2. The van der Waals surface area contributed by atoms with Gasteiger partial charge in [-0.25, -0.2) is 0 Å². The fraction of sp³-hybridized carbons (Fsp3) is 0.462. The van der Waals surface area contributed by atoms with Gasteiger partial charge in [-0.05, 0) is 74.0 Å². The Morgan fingerprint density at radius 2 is 1.37 bits per heavy atom. The van der Waals surface area contributed by atoms with Crippen molar-refractivity contribution < 1.29 is 9.59 Å². The van der Waals surface area contributed by atoms with E-state index < -0.39 is 6.04 Å². The lowest BCUT2D eigenvalue weighted by Crippen LogP contribution is -2.57. The van der Waals surface area contributed by atoms with Gasteiger partial charge < -0.3 is 10.6 Å². The zero-order valence-corrected chi connectivity index (χ0v) is 17.3. The van der Waals surface area contributed by atoms with Crippen LogP contribution in [0.25, 0.3) is 0 Å². The second kappa shape index (κ2) is 7.90. The van der Waals surface area contributed by atoms with Crippen LogP contribution in [-0.4, -0.2) is 17.9 Å². The fourth-order valence-corrected chi connectivity index (χ4v) is 6.51. The summed E-state index contributed by atoms with van der Waals surface area (Å²) in [6.07, 6.45) is 7.41. The molecule has 0 aromatic heterocycles. The van der Waals surface area contributed by atoms with Gasteiger partial charge in [-0.15, -0.1) is 0 Å². The minimum absolute atomic E-state index is 0.103. The number of nitrogens with one attached hydrogen (secondary N) is 2. The van der Waals surface area contributed by atoms with E-state index in [1.165, 1.54) is 19.3 Å².